The van der Waals surface area contributed by atoms with Gasteiger partial charge in [0.2, 0.25) is 5.91 Å². The Morgan fingerprint density at radius 1 is 0.941 bits per heavy atom. The van der Waals surface area contributed by atoms with Crippen molar-refractivity contribution >= 4 is 17.7 Å². The lowest BCUT2D eigenvalue weighted by molar-refractivity contribution is -0.150. The van der Waals surface area contributed by atoms with Gasteiger partial charge in [-0.3, -0.25) is 14.4 Å². The summed E-state index contributed by atoms with van der Waals surface area (Å²) >= 11 is 0. The SMILES string of the molecule is NC(=O)C1CCN(C(=O)C(=O)N2CCCC2)C1. The fourth-order valence-corrected chi connectivity index (χ4v) is 2.37. The molecule has 2 rings (SSSR count). The molecule has 2 heterocycles. The van der Waals surface area contributed by atoms with E-state index in [-0.39, 0.29) is 12.5 Å². The van der Waals surface area contributed by atoms with Gasteiger partial charge in [-0.15, -0.1) is 0 Å². The molecule has 6 heteroatoms. The van der Waals surface area contributed by atoms with Crippen molar-refractivity contribution in [1.29, 1.82) is 0 Å². The molecule has 1 atom stereocenters. The van der Waals surface area contributed by atoms with E-state index in [1.807, 2.05) is 0 Å². The zero-order valence-electron chi connectivity index (χ0n) is 9.72. The van der Waals surface area contributed by atoms with E-state index in [4.69, 9.17) is 5.73 Å². The second kappa shape index (κ2) is 4.73. The van der Waals surface area contributed by atoms with E-state index >= 15 is 0 Å². The molecule has 0 aromatic rings. The van der Waals surface area contributed by atoms with E-state index in [2.05, 4.69) is 0 Å². The molecule has 2 aliphatic rings. The number of hydrogen-bond acceptors (Lipinski definition) is 3. The maximum atomic E-state index is 11.9. The van der Waals surface area contributed by atoms with E-state index < -0.39 is 17.7 Å². The molecule has 3 amide bonds. The van der Waals surface area contributed by atoms with Crippen LogP contribution >= 0.6 is 0 Å². The molecule has 17 heavy (non-hydrogen) atoms. The predicted molar refractivity (Wildman–Crippen MR) is 59.7 cm³/mol. The summed E-state index contributed by atoms with van der Waals surface area (Å²) in [5.41, 5.74) is 5.19. The van der Waals surface area contributed by atoms with Crippen molar-refractivity contribution < 1.29 is 14.4 Å². The second-order valence-corrected chi connectivity index (χ2v) is 4.64. The van der Waals surface area contributed by atoms with Crippen LogP contribution in [0.25, 0.3) is 0 Å². The van der Waals surface area contributed by atoms with E-state index in [1.54, 1.807) is 4.90 Å². The van der Waals surface area contributed by atoms with Crippen molar-refractivity contribution in [3.05, 3.63) is 0 Å². The molecule has 0 aromatic carbocycles. The van der Waals surface area contributed by atoms with Gasteiger partial charge in [-0.05, 0) is 19.3 Å². The van der Waals surface area contributed by atoms with Crippen LogP contribution in [0.15, 0.2) is 0 Å². The van der Waals surface area contributed by atoms with Crippen molar-refractivity contribution in [1.82, 2.24) is 9.80 Å². The van der Waals surface area contributed by atoms with Crippen LogP contribution in [0.4, 0.5) is 0 Å². The molecule has 0 spiro atoms. The van der Waals surface area contributed by atoms with Gasteiger partial charge in [-0.1, -0.05) is 0 Å². The number of nitrogens with two attached hydrogens (primary N) is 1. The zero-order valence-corrected chi connectivity index (χ0v) is 9.72. The number of rotatable bonds is 1. The Labute approximate surface area is 99.7 Å². The van der Waals surface area contributed by atoms with Crippen LogP contribution in [-0.4, -0.2) is 53.7 Å². The molecule has 0 saturated carbocycles. The van der Waals surface area contributed by atoms with Crippen LogP contribution in [0, 0.1) is 5.92 Å². The molecule has 2 N–H and O–H groups in total. The van der Waals surface area contributed by atoms with Gasteiger partial charge in [0, 0.05) is 26.2 Å². The van der Waals surface area contributed by atoms with Gasteiger partial charge in [-0.25, -0.2) is 0 Å². The summed E-state index contributed by atoms with van der Waals surface area (Å²) in [5.74, 6) is -1.62. The summed E-state index contributed by atoms with van der Waals surface area (Å²) in [6.45, 7) is 2.06. The van der Waals surface area contributed by atoms with Crippen molar-refractivity contribution in [3.63, 3.8) is 0 Å². The maximum Gasteiger partial charge on any atom is 0.312 e. The summed E-state index contributed by atoms with van der Waals surface area (Å²) in [6.07, 6.45) is 2.49. The first kappa shape index (κ1) is 11.9. The summed E-state index contributed by atoms with van der Waals surface area (Å²) in [4.78, 5) is 37.7. The van der Waals surface area contributed by atoms with Crippen LogP contribution in [0.5, 0.6) is 0 Å². The van der Waals surface area contributed by atoms with Crippen molar-refractivity contribution in [2.75, 3.05) is 26.2 Å². The van der Waals surface area contributed by atoms with Gasteiger partial charge >= 0.3 is 11.8 Å². The third kappa shape index (κ3) is 2.40. The lowest BCUT2D eigenvalue weighted by Crippen LogP contribution is -2.43. The minimum absolute atomic E-state index is 0.285. The molecule has 2 aliphatic heterocycles. The number of nitrogens with zero attached hydrogens (tertiary/aromatic N) is 2. The number of carbonyl (C=O) groups is 3. The Kier molecular flexibility index (Phi) is 3.31. The normalized spacial score (nSPS) is 24.1. The number of likely N-dealkylation sites (tertiary alicyclic amines) is 2. The molecule has 94 valence electrons. The predicted octanol–water partition coefficient (Wildman–Crippen LogP) is -1.06. The number of hydrogen-bond donors (Lipinski definition) is 1. The average molecular weight is 239 g/mol. The first-order valence-electron chi connectivity index (χ1n) is 5.97. The van der Waals surface area contributed by atoms with Gasteiger partial charge < -0.3 is 15.5 Å². The third-order valence-electron chi connectivity index (χ3n) is 3.45. The van der Waals surface area contributed by atoms with Gasteiger partial charge in [0.25, 0.3) is 0 Å². The minimum Gasteiger partial charge on any atom is -0.369 e. The highest BCUT2D eigenvalue weighted by atomic mass is 16.2. The molecule has 0 aliphatic carbocycles. The zero-order chi connectivity index (χ0) is 12.4. The average Bonchev–Trinajstić information content (AvgIpc) is 2.97. The second-order valence-electron chi connectivity index (χ2n) is 4.64. The van der Waals surface area contributed by atoms with Crippen LogP contribution in [0.1, 0.15) is 19.3 Å². The van der Waals surface area contributed by atoms with Crippen LogP contribution in [0.3, 0.4) is 0 Å². The van der Waals surface area contributed by atoms with E-state index in [9.17, 15) is 14.4 Å². The standard InChI is InChI=1S/C11H17N3O3/c12-9(15)8-3-6-14(7-8)11(17)10(16)13-4-1-2-5-13/h8H,1-7H2,(H2,12,15). The molecular weight excluding hydrogens is 222 g/mol. The highest BCUT2D eigenvalue weighted by Crippen LogP contribution is 2.17. The number of primary amides is 1. The van der Waals surface area contributed by atoms with Gasteiger partial charge in [0.1, 0.15) is 0 Å². The maximum absolute atomic E-state index is 11.9. The van der Waals surface area contributed by atoms with E-state index in [0.29, 0.717) is 26.1 Å². The molecule has 2 saturated heterocycles. The highest BCUT2D eigenvalue weighted by molar-refractivity contribution is 6.35. The molecular formula is C11H17N3O3. The Balaban J connectivity index is 1.92. The number of amides is 3. The molecule has 0 bridgehead atoms. The van der Waals surface area contributed by atoms with E-state index in [0.717, 1.165) is 12.8 Å². The fourth-order valence-electron chi connectivity index (χ4n) is 2.37. The lowest BCUT2D eigenvalue weighted by Gasteiger charge is -2.20. The molecule has 2 fully saturated rings. The van der Waals surface area contributed by atoms with Crippen molar-refractivity contribution in [3.8, 4) is 0 Å². The highest BCUT2D eigenvalue weighted by Gasteiger charge is 2.35. The quantitative estimate of drug-likeness (QED) is 0.592. The first-order valence-corrected chi connectivity index (χ1v) is 5.97. The summed E-state index contributed by atoms with van der Waals surface area (Å²) in [7, 11) is 0. The van der Waals surface area contributed by atoms with E-state index in [1.165, 1.54) is 4.90 Å². The smallest absolute Gasteiger partial charge is 0.312 e. The fraction of sp³-hybridized carbons (Fsp3) is 0.727. The lowest BCUT2D eigenvalue weighted by atomic mass is 10.1. The molecule has 0 radical (unpaired) electrons. The molecule has 0 aromatic heterocycles. The van der Waals surface area contributed by atoms with Crippen LogP contribution in [0.2, 0.25) is 0 Å². The Hall–Kier alpha value is -1.59. The Bertz CT molecular complexity index is 350. The van der Waals surface area contributed by atoms with Crippen molar-refractivity contribution in [2.45, 2.75) is 19.3 Å². The summed E-state index contributed by atoms with van der Waals surface area (Å²) < 4.78 is 0. The Morgan fingerprint density at radius 2 is 1.53 bits per heavy atom. The molecule has 6 nitrogen and oxygen atoms in total. The number of carbonyl (C=O) groups excluding carboxylic acids is 3. The summed E-state index contributed by atoms with van der Waals surface area (Å²) in [6, 6.07) is 0. The molecule has 1 unspecified atom stereocenters. The van der Waals surface area contributed by atoms with Crippen LogP contribution < -0.4 is 5.73 Å². The summed E-state index contributed by atoms with van der Waals surface area (Å²) in [5, 5.41) is 0. The van der Waals surface area contributed by atoms with Gasteiger partial charge in [-0.2, -0.15) is 0 Å². The monoisotopic (exact) mass is 239 g/mol. The Morgan fingerprint density at radius 3 is 2.06 bits per heavy atom. The van der Waals surface area contributed by atoms with Crippen molar-refractivity contribution in [2.24, 2.45) is 11.7 Å². The van der Waals surface area contributed by atoms with Gasteiger partial charge in [0.05, 0.1) is 5.92 Å². The topological polar surface area (TPSA) is 83.7 Å². The largest absolute Gasteiger partial charge is 0.369 e. The van der Waals surface area contributed by atoms with Gasteiger partial charge in [0.15, 0.2) is 0 Å². The van der Waals surface area contributed by atoms with Crippen LogP contribution in [-0.2, 0) is 14.4 Å². The first-order chi connectivity index (χ1) is 8.09. The minimum atomic E-state index is -0.490. The third-order valence-corrected chi connectivity index (χ3v) is 3.45.